The number of ether oxygens (including phenoxy) is 1. The van der Waals surface area contributed by atoms with Gasteiger partial charge in [0.15, 0.2) is 5.96 Å². The van der Waals surface area contributed by atoms with Crippen LogP contribution >= 0.6 is 11.8 Å². The molecule has 0 aromatic carbocycles. The van der Waals surface area contributed by atoms with Gasteiger partial charge in [0.25, 0.3) is 0 Å². The van der Waals surface area contributed by atoms with E-state index < -0.39 is 0 Å². The van der Waals surface area contributed by atoms with Crippen LogP contribution in [0.3, 0.4) is 0 Å². The van der Waals surface area contributed by atoms with Gasteiger partial charge in [-0.1, -0.05) is 13.8 Å². The van der Waals surface area contributed by atoms with Gasteiger partial charge in [-0.15, -0.1) is 0 Å². The van der Waals surface area contributed by atoms with Crippen molar-refractivity contribution in [1.82, 2.24) is 15.1 Å². The average Bonchev–Trinajstić information content (AvgIpc) is 2.54. The van der Waals surface area contributed by atoms with Crippen LogP contribution in [0.4, 0.5) is 0 Å². The monoisotopic (exact) mass is 356 g/mol. The van der Waals surface area contributed by atoms with Crippen molar-refractivity contribution >= 4 is 17.7 Å². The van der Waals surface area contributed by atoms with Crippen LogP contribution in [0.5, 0.6) is 0 Å². The first-order valence-electron chi connectivity index (χ1n) is 9.42. The lowest BCUT2D eigenvalue weighted by Gasteiger charge is -2.40. The number of aliphatic imine (C=N–C) groups is 1. The van der Waals surface area contributed by atoms with Gasteiger partial charge in [0.05, 0.1) is 19.8 Å². The van der Waals surface area contributed by atoms with Gasteiger partial charge >= 0.3 is 0 Å². The first-order chi connectivity index (χ1) is 11.4. The SMILES string of the molecule is CCNC(=NCC(C(C)C)N1CCOCC1)N1CCSC(C)(C)C1. The Labute approximate surface area is 152 Å². The molecule has 0 bridgehead atoms. The van der Waals surface area contributed by atoms with Crippen LogP contribution in [-0.4, -0.2) is 84.8 Å². The molecule has 2 saturated heterocycles. The van der Waals surface area contributed by atoms with Crippen molar-refractivity contribution in [2.24, 2.45) is 10.9 Å². The minimum absolute atomic E-state index is 0.302. The molecule has 2 aliphatic heterocycles. The molecule has 2 heterocycles. The van der Waals surface area contributed by atoms with Gasteiger partial charge < -0.3 is 15.0 Å². The van der Waals surface area contributed by atoms with E-state index in [0.717, 1.165) is 58.4 Å². The van der Waals surface area contributed by atoms with E-state index in [2.05, 4.69) is 61.5 Å². The maximum Gasteiger partial charge on any atom is 0.194 e. The summed E-state index contributed by atoms with van der Waals surface area (Å²) in [6, 6.07) is 0.495. The minimum atomic E-state index is 0.302. The van der Waals surface area contributed by atoms with Gasteiger partial charge in [-0.05, 0) is 26.7 Å². The highest BCUT2D eigenvalue weighted by atomic mass is 32.2. The molecule has 2 aliphatic rings. The predicted octanol–water partition coefficient (Wildman–Crippen LogP) is 2.14. The third-order valence-corrected chi connectivity index (χ3v) is 6.07. The summed E-state index contributed by atoms with van der Waals surface area (Å²) in [6.45, 7) is 19.1. The topological polar surface area (TPSA) is 40.1 Å². The molecule has 5 nitrogen and oxygen atoms in total. The highest BCUT2D eigenvalue weighted by Gasteiger charge is 2.29. The maximum atomic E-state index is 5.51. The maximum absolute atomic E-state index is 5.51. The van der Waals surface area contributed by atoms with Gasteiger partial charge in [0.2, 0.25) is 0 Å². The average molecular weight is 357 g/mol. The molecule has 0 saturated carbocycles. The molecule has 0 radical (unpaired) electrons. The standard InChI is InChI=1S/C18H36N4OS/c1-6-19-17(22-9-12-24-18(4,5)14-22)20-13-16(15(2)3)21-7-10-23-11-8-21/h15-16H,6-14H2,1-5H3,(H,19,20). The molecule has 0 spiro atoms. The lowest BCUT2D eigenvalue weighted by atomic mass is 10.0. The Morgan fingerprint density at radius 3 is 2.54 bits per heavy atom. The van der Waals surface area contributed by atoms with Gasteiger partial charge in [0.1, 0.15) is 0 Å². The summed E-state index contributed by atoms with van der Waals surface area (Å²) in [5.74, 6) is 2.86. The van der Waals surface area contributed by atoms with Gasteiger partial charge in [-0.25, -0.2) is 0 Å². The predicted molar refractivity (Wildman–Crippen MR) is 105 cm³/mol. The molecule has 6 heteroatoms. The molecule has 1 atom stereocenters. The minimum Gasteiger partial charge on any atom is -0.379 e. The van der Waals surface area contributed by atoms with Crippen LogP contribution < -0.4 is 5.32 Å². The van der Waals surface area contributed by atoms with E-state index in [9.17, 15) is 0 Å². The summed E-state index contributed by atoms with van der Waals surface area (Å²) in [5.41, 5.74) is 0. The molecule has 2 rings (SSSR count). The van der Waals surface area contributed by atoms with Gasteiger partial charge in [-0.3, -0.25) is 9.89 Å². The van der Waals surface area contributed by atoms with Crippen molar-refractivity contribution < 1.29 is 4.74 Å². The molecular weight excluding hydrogens is 320 g/mol. The summed E-state index contributed by atoms with van der Waals surface area (Å²) in [4.78, 5) is 10.0. The van der Waals surface area contributed by atoms with Crippen molar-refractivity contribution in [3.05, 3.63) is 0 Å². The Morgan fingerprint density at radius 2 is 1.96 bits per heavy atom. The van der Waals surface area contributed by atoms with Crippen LogP contribution in [0.25, 0.3) is 0 Å². The van der Waals surface area contributed by atoms with Crippen molar-refractivity contribution in [2.45, 2.75) is 45.4 Å². The number of nitrogens with one attached hydrogen (secondary N) is 1. The van der Waals surface area contributed by atoms with E-state index in [1.54, 1.807) is 0 Å². The van der Waals surface area contributed by atoms with E-state index >= 15 is 0 Å². The fourth-order valence-electron chi connectivity index (χ4n) is 3.46. The molecule has 0 aromatic rings. The summed E-state index contributed by atoms with van der Waals surface area (Å²) in [6.07, 6.45) is 0. The van der Waals surface area contributed by atoms with Crippen molar-refractivity contribution in [1.29, 1.82) is 0 Å². The first-order valence-corrected chi connectivity index (χ1v) is 10.4. The summed E-state index contributed by atoms with van der Waals surface area (Å²) < 4.78 is 5.81. The third kappa shape index (κ3) is 5.81. The summed E-state index contributed by atoms with van der Waals surface area (Å²) >= 11 is 2.07. The fourth-order valence-corrected chi connectivity index (χ4v) is 4.57. The Balaban J connectivity index is 2.04. The second kappa shape index (κ2) is 9.30. The number of thioether (sulfide) groups is 1. The Kier molecular flexibility index (Phi) is 7.69. The quantitative estimate of drug-likeness (QED) is 0.604. The van der Waals surface area contributed by atoms with Crippen molar-refractivity contribution in [3.63, 3.8) is 0 Å². The lowest BCUT2D eigenvalue weighted by Crippen LogP contribution is -2.52. The highest BCUT2D eigenvalue weighted by molar-refractivity contribution is 8.00. The second-order valence-electron chi connectivity index (χ2n) is 7.68. The normalized spacial score (nSPS) is 24.2. The zero-order chi connectivity index (χ0) is 17.6. The smallest absolute Gasteiger partial charge is 0.194 e. The fraction of sp³-hybridized carbons (Fsp3) is 0.944. The third-order valence-electron chi connectivity index (χ3n) is 4.77. The van der Waals surface area contributed by atoms with Crippen LogP contribution in [-0.2, 0) is 4.74 Å². The molecule has 140 valence electrons. The van der Waals surface area contributed by atoms with E-state index in [1.807, 2.05) is 0 Å². The van der Waals surface area contributed by atoms with Gasteiger partial charge in [0, 0.05) is 49.3 Å². The zero-order valence-electron chi connectivity index (χ0n) is 16.2. The number of hydrogen-bond acceptors (Lipinski definition) is 4. The molecule has 0 aromatic heterocycles. The second-order valence-corrected chi connectivity index (χ2v) is 9.49. The first kappa shape index (κ1) is 19.9. The van der Waals surface area contributed by atoms with E-state index in [0.29, 0.717) is 16.7 Å². The number of morpholine rings is 1. The zero-order valence-corrected chi connectivity index (χ0v) is 17.0. The lowest BCUT2D eigenvalue weighted by molar-refractivity contribution is 0.00862. The molecule has 0 aliphatic carbocycles. The van der Waals surface area contributed by atoms with Crippen LogP contribution in [0.2, 0.25) is 0 Å². The summed E-state index contributed by atoms with van der Waals surface area (Å²) in [5, 5.41) is 3.51. The van der Waals surface area contributed by atoms with Crippen LogP contribution in [0.1, 0.15) is 34.6 Å². The van der Waals surface area contributed by atoms with E-state index in [4.69, 9.17) is 9.73 Å². The van der Waals surface area contributed by atoms with Gasteiger partial charge in [-0.2, -0.15) is 11.8 Å². The molecule has 1 unspecified atom stereocenters. The number of hydrogen-bond donors (Lipinski definition) is 1. The number of guanidine groups is 1. The molecule has 2 fully saturated rings. The summed E-state index contributed by atoms with van der Waals surface area (Å²) in [7, 11) is 0. The highest BCUT2D eigenvalue weighted by Crippen LogP contribution is 2.29. The van der Waals surface area contributed by atoms with Crippen molar-refractivity contribution in [3.8, 4) is 0 Å². The molecule has 0 amide bonds. The Bertz CT molecular complexity index is 408. The molecular formula is C18H36N4OS. The number of nitrogens with zero attached hydrogens (tertiary/aromatic N) is 3. The van der Waals surface area contributed by atoms with E-state index in [1.165, 1.54) is 5.75 Å². The molecule has 1 N–H and O–H groups in total. The van der Waals surface area contributed by atoms with Crippen molar-refractivity contribution in [2.75, 3.05) is 58.2 Å². The molecule has 24 heavy (non-hydrogen) atoms. The Morgan fingerprint density at radius 1 is 1.25 bits per heavy atom. The van der Waals surface area contributed by atoms with Crippen LogP contribution in [0, 0.1) is 5.92 Å². The number of rotatable bonds is 5. The largest absolute Gasteiger partial charge is 0.379 e. The Hall–Kier alpha value is -0.460. The van der Waals surface area contributed by atoms with E-state index in [-0.39, 0.29) is 0 Å². The van der Waals surface area contributed by atoms with Crippen LogP contribution in [0.15, 0.2) is 4.99 Å².